The van der Waals surface area contributed by atoms with Gasteiger partial charge in [0.1, 0.15) is 0 Å². The summed E-state index contributed by atoms with van der Waals surface area (Å²) in [5, 5.41) is 15.4. The van der Waals surface area contributed by atoms with Crippen LogP contribution in [0.15, 0.2) is 72.8 Å². The molecule has 6 rings (SSSR count). The zero-order valence-corrected chi connectivity index (χ0v) is 29.1. The van der Waals surface area contributed by atoms with Gasteiger partial charge in [0.05, 0.1) is 32.0 Å². The molecule has 0 radical (unpaired) electrons. The maximum Gasteiger partial charge on any atom is 0.220 e. The summed E-state index contributed by atoms with van der Waals surface area (Å²) >= 11 is 0. The highest BCUT2D eigenvalue weighted by Crippen LogP contribution is 2.39. The van der Waals surface area contributed by atoms with Gasteiger partial charge in [0, 0.05) is 70.9 Å². The zero-order chi connectivity index (χ0) is 34.8. The molecule has 1 spiro atoms. The number of nitrogens with one attached hydrogen (secondary N) is 2. The number of likely N-dealkylation sites (tertiary alicyclic amines) is 1. The predicted molar refractivity (Wildman–Crippen MR) is 190 cm³/mol. The van der Waals surface area contributed by atoms with Crippen LogP contribution in [0.1, 0.15) is 86.5 Å². The molecule has 0 aliphatic carbocycles. The second-order valence-corrected chi connectivity index (χ2v) is 13.7. The number of carbonyl (C=O) groups is 2. The first-order valence-electron chi connectivity index (χ1n) is 18.1. The predicted octanol–water partition coefficient (Wildman–Crippen LogP) is 5.54. The van der Waals surface area contributed by atoms with Gasteiger partial charge in [0.2, 0.25) is 11.8 Å². The van der Waals surface area contributed by atoms with Crippen LogP contribution in [-0.4, -0.2) is 73.1 Å². The first kappa shape index (κ1) is 36.2. The standard InChI is InChI=1S/C40H51N3O7/c1-29(45)41-19-4-2-3-8-38(46)42-26-31-6-5-7-35(24-31)32-13-15-34(16-14-32)39-49-36(25-37(50-39)33-11-9-30(28-44)10-12-33)27-43-20-17-40(18-21-43)47-22-23-48-40/h5-7,9-16,24,36-37,39,44H,2-4,8,17-23,25-28H2,1H3,(H,41,45)(H,42,46)/t36-,37+,39+/m1/s1. The maximum atomic E-state index is 12.4. The van der Waals surface area contributed by atoms with Crippen molar-refractivity contribution < 1.29 is 33.6 Å². The minimum absolute atomic E-state index is 0.0109. The van der Waals surface area contributed by atoms with Crippen molar-refractivity contribution in [1.29, 1.82) is 0 Å². The first-order chi connectivity index (χ1) is 24.4. The Labute approximate surface area is 295 Å². The van der Waals surface area contributed by atoms with Gasteiger partial charge in [0.25, 0.3) is 0 Å². The van der Waals surface area contributed by atoms with Crippen LogP contribution in [0.2, 0.25) is 0 Å². The van der Waals surface area contributed by atoms with Crippen molar-refractivity contribution in [3.8, 4) is 11.1 Å². The third-order valence-corrected chi connectivity index (χ3v) is 9.90. The van der Waals surface area contributed by atoms with Crippen LogP contribution in [-0.2, 0) is 41.7 Å². The number of aliphatic hydroxyl groups is 1. The van der Waals surface area contributed by atoms with Crippen molar-refractivity contribution in [2.75, 3.05) is 39.4 Å². The van der Waals surface area contributed by atoms with Gasteiger partial charge in [-0.15, -0.1) is 0 Å². The van der Waals surface area contributed by atoms with Crippen LogP contribution in [0.5, 0.6) is 0 Å². The lowest BCUT2D eigenvalue weighted by atomic mass is 9.98. The smallest absolute Gasteiger partial charge is 0.220 e. The van der Waals surface area contributed by atoms with Gasteiger partial charge < -0.3 is 39.6 Å². The molecule has 3 aliphatic rings. The van der Waals surface area contributed by atoms with Crippen molar-refractivity contribution in [3.63, 3.8) is 0 Å². The van der Waals surface area contributed by atoms with E-state index in [2.05, 4.69) is 51.9 Å². The van der Waals surface area contributed by atoms with Gasteiger partial charge in [-0.1, -0.05) is 73.2 Å². The number of hydrogen-bond donors (Lipinski definition) is 3. The highest BCUT2D eigenvalue weighted by Gasteiger charge is 2.41. The molecule has 50 heavy (non-hydrogen) atoms. The fraction of sp³-hybridized carbons (Fsp3) is 0.500. The Bertz CT molecular complexity index is 1530. The summed E-state index contributed by atoms with van der Waals surface area (Å²) in [5.41, 5.74) is 6.10. The summed E-state index contributed by atoms with van der Waals surface area (Å²) < 4.78 is 25.1. The SMILES string of the molecule is CC(=O)NCCCCCC(=O)NCc1cccc(-c2ccc([C@H]3O[C@@H](CN4CCC5(CC4)OCCO5)C[C@@H](c4ccc(CO)cc4)O3)cc2)c1. The highest BCUT2D eigenvalue weighted by atomic mass is 16.7. The molecule has 0 aromatic heterocycles. The van der Waals surface area contributed by atoms with Gasteiger partial charge in [-0.25, -0.2) is 0 Å². The number of hydrogen-bond acceptors (Lipinski definition) is 8. The topological polar surface area (TPSA) is 119 Å². The van der Waals surface area contributed by atoms with E-state index in [0.29, 0.717) is 32.7 Å². The third-order valence-electron chi connectivity index (χ3n) is 9.90. The quantitative estimate of drug-likeness (QED) is 0.189. The Morgan fingerprint density at radius 2 is 1.58 bits per heavy atom. The third kappa shape index (κ3) is 9.99. The van der Waals surface area contributed by atoms with Gasteiger partial charge in [0.15, 0.2) is 12.1 Å². The Morgan fingerprint density at radius 3 is 2.30 bits per heavy atom. The van der Waals surface area contributed by atoms with E-state index in [-0.39, 0.29) is 30.6 Å². The molecule has 3 aromatic carbocycles. The van der Waals surface area contributed by atoms with E-state index in [4.69, 9.17) is 18.9 Å². The average Bonchev–Trinajstić information content (AvgIpc) is 3.61. The van der Waals surface area contributed by atoms with Crippen molar-refractivity contribution >= 4 is 11.8 Å². The van der Waals surface area contributed by atoms with E-state index < -0.39 is 12.1 Å². The number of aliphatic hydroxyl groups excluding tert-OH is 1. The van der Waals surface area contributed by atoms with Crippen molar-refractivity contribution in [2.24, 2.45) is 0 Å². The van der Waals surface area contributed by atoms with Gasteiger partial charge >= 0.3 is 0 Å². The lowest BCUT2D eigenvalue weighted by Crippen LogP contribution is -2.48. The number of ether oxygens (including phenoxy) is 4. The number of amides is 2. The largest absolute Gasteiger partial charge is 0.392 e. The van der Waals surface area contributed by atoms with E-state index in [1.165, 1.54) is 6.92 Å². The second-order valence-electron chi connectivity index (χ2n) is 13.7. The molecule has 3 aliphatic heterocycles. The van der Waals surface area contributed by atoms with Crippen LogP contribution in [0.4, 0.5) is 0 Å². The summed E-state index contributed by atoms with van der Waals surface area (Å²) in [4.78, 5) is 25.8. The average molecular weight is 686 g/mol. The molecule has 3 atom stereocenters. The summed E-state index contributed by atoms with van der Waals surface area (Å²) in [7, 11) is 0. The Hall–Kier alpha value is -3.64. The van der Waals surface area contributed by atoms with Crippen LogP contribution >= 0.6 is 0 Å². The molecule has 10 heteroatoms. The Morgan fingerprint density at radius 1 is 0.840 bits per heavy atom. The summed E-state index contributed by atoms with van der Waals surface area (Å²) in [6, 6.07) is 24.6. The minimum atomic E-state index is -0.519. The van der Waals surface area contributed by atoms with E-state index in [0.717, 1.165) is 91.5 Å². The number of rotatable bonds is 14. The summed E-state index contributed by atoms with van der Waals surface area (Å²) in [6.07, 6.45) is 4.84. The second kappa shape index (κ2) is 17.5. The molecular weight excluding hydrogens is 634 g/mol. The first-order valence-corrected chi connectivity index (χ1v) is 18.1. The molecule has 3 aromatic rings. The monoisotopic (exact) mass is 685 g/mol. The highest BCUT2D eigenvalue weighted by molar-refractivity contribution is 5.76. The van der Waals surface area contributed by atoms with Crippen LogP contribution in [0.3, 0.4) is 0 Å². The van der Waals surface area contributed by atoms with E-state index in [1.807, 2.05) is 36.4 Å². The number of piperidine rings is 1. The fourth-order valence-electron chi connectivity index (χ4n) is 7.02. The fourth-order valence-corrected chi connectivity index (χ4v) is 7.02. The molecule has 3 heterocycles. The zero-order valence-electron chi connectivity index (χ0n) is 29.1. The molecule has 0 saturated carbocycles. The lowest BCUT2D eigenvalue weighted by molar-refractivity contribution is -0.255. The van der Waals surface area contributed by atoms with Crippen LogP contribution in [0.25, 0.3) is 11.1 Å². The maximum absolute atomic E-state index is 12.4. The number of unbranched alkanes of at least 4 members (excludes halogenated alkanes) is 2. The Balaban J connectivity index is 1.06. The summed E-state index contributed by atoms with van der Waals surface area (Å²) in [6.45, 7) is 6.61. The van der Waals surface area contributed by atoms with Crippen LogP contribution in [0, 0.1) is 0 Å². The van der Waals surface area contributed by atoms with Crippen LogP contribution < -0.4 is 10.6 Å². The van der Waals surface area contributed by atoms with Crippen molar-refractivity contribution in [1.82, 2.24) is 15.5 Å². The minimum Gasteiger partial charge on any atom is -0.392 e. The molecule has 0 bridgehead atoms. The summed E-state index contributed by atoms with van der Waals surface area (Å²) in [5.74, 6) is -0.391. The van der Waals surface area contributed by atoms with Crippen molar-refractivity contribution in [2.45, 2.75) is 89.3 Å². The molecule has 268 valence electrons. The molecule has 3 N–H and O–H groups in total. The van der Waals surface area contributed by atoms with E-state index in [1.54, 1.807) is 0 Å². The van der Waals surface area contributed by atoms with Gasteiger partial charge in [-0.05, 0) is 46.7 Å². The molecule has 0 unspecified atom stereocenters. The Kier molecular flexibility index (Phi) is 12.7. The number of carbonyl (C=O) groups excluding carboxylic acids is 2. The normalized spacial score (nSPS) is 22.0. The lowest BCUT2D eigenvalue weighted by Gasteiger charge is -2.41. The van der Waals surface area contributed by atoms with Crippen molar-refractivity contribution in [3.05, 3.63) is 95.1 Å². The van der Waals surface area contributed by atoms with Gasteiger partial charge in [-0.3, -0.25) is 9.59 Å². The van der Waals surface area contributed by atoms with E-state index in [9.17, 15) is 14.7 Å². The van der Waals surface area contributed by atoms with E-state index >= 15 is 0 Å². The molecular formula is C40H51N3O7. The number of benzene rings is 3. The molecule has 2 amide bonds. The molecule has 3 saturated heterocycles. The van der Waals surface area contributed by atoms with Gasteiger partial charge in [-0.2, -0.15) is 0 Å². The molecule has 3 fully saturated rings. The number of nitrogens with zero attached hydrogens (tertiary/aromatic N) is 1. The molecule has 10 nitrogen and oxygen atoms in total.